The van der Waals surface area contributed by atoms with E-state index in [9.17, 15) is 5.11 Å². The second-order valence-electron chi connectivity index (χ2n) is 5.52. The van der Waals surface area contributed by atoms with Crippen LogP contribution in [0.15, 0.2) is 0 Å². The van der Waals surface area contributed by atoms with Crippen molar-refractivity contribution < 1.29 is 5.11 Å². The fourth-order valence-corrected chi connectivity index (χ4v) is 3.55. The predicted octanol–water partition coefficient (Wildman–Crippen LogP) is 2.44. The van der Waals surface area contributed by atoms with E-state index in [0.29, 0.717) is 17.9 Å². The van der Waals surface area contributed by atoms with Gasteiger partial charge in [0.1, 0.15) is 0 Å². The lowest BCUT2D eigenvalue weighted by Gasteiger charge is -2.39. The van der Waals surface area contributed by atoms with Crippen LogP contribution in [0.1, 0.15) is 39.5 Å². The fraction of sp³-hybridized carbons (Fsp3) is 1.00. The molecule has 2 saturated carbocycles. The summed E-state index contributed by atoms with van der Waals surface area (Å²) in [5.41, 5.74) is 0.553. The van der Waals surface area contributed by atoms with Crippen molar-refractivity contribution in [1.82, 2.24) is 0 Å². The normalized spacial score (nSPS) is 44.8. The van der Waals surface area contributed by atoms with Crippen LogP contribution in [0.4, 0.5) is 0 Å². The molecular formula is C11H20O. The highest BCUT2D eigenvalue weighted by molar-refractivity contribution is 4.94. The monoisotopic (exact) mass is 168 g/mol. The van der Waals surface area contributed by atoms with Gasteiger partial charge in [0.2, 0.25) is 0 Å². The minimum Gasteiger partial charge on any atom is -0.396 e. The van der Waals surface area contributed by atoms with Crippen molar-refractivity contribution in [1.29, 1.82) is 0 Å². The smallest absolute Gasteiger partial charge is 0.0464 e. The van der Waals surface area contributed by atoms with E-state index in [1.807, 2.05) is 0 Å². The lowest BCUT2D eigenvalue weighted by molar-refractivity contribution is 0.0628. The standard InChI is InChI=1S/C11H20O/c1-11(2)5-8-3-4-9(6-11)10(8)7-12/h8-10,12H,3-7H2,1-2H3. The summed E-state index contributed by atoms with van der Waals surface area (Å²) in [6, 6.07) is 0. The molecule has 0 spiro atoms. The zero-order valence-electron chi connectivity index (χ0n) is 8.21. The summed E-state index contributed by atoms with van der Waals surface area (Å²) in [4.78, 5) is 0. The minimum absolute atomic E-state index is 0.436. The number of aliphatic hydroxyl groups is 1. The Morgan fingerprint density at radius 1 is 1.17 bits per heavy atom. The molecular weight excluding hydrogens is 148 g/mol. The van der Waals surface area contributed by atoms with Gasteiger partial charge in [0.25, 0.3) is 0 Å². The maximum Gasteiger partial charge on any atom is 0.0464 e. The number of hydrogen-bond acceptors (Lipinski definition) is 1. The molecule has 70 valence electrons. The molecule has 0 aromatic carbocycles. The van der Waals surface area contributed by atoms with Gasteiger partial charge in [-0.15, -0.1) is 0 Å². The molecule has 2 bridgehead atoms. The number of aliphatic hydroxyl groups excluding tert-OH is 1. The van der Waals surface area contributed by atoms with Crippen molar-refractivity contribution in [3.8, 4) is 0 Å². The molecule has 1 nitrogen and oxygen atoms in total. The van der Waals surface area contributed by atoms with Crippen molar-refractivity contribution >= 4 is 0 Å². The SMILES string of the molecule is CC1(C)CC2CCC(C1)C2CO. The first kappa shape index (κ1) is 8.55. The summed E-state index contributed by atoms with van der Waals surface area (Å²) in [6.45, 7) is 5.20. The average molecular weight is 168 g/mol. The number of hydrogen-bond donors (Lipinski definition) is 1. The first-order valence-corrected chi connectivity index (χ1v) is 5.23. The fourth-order valence-electron chi connectivity index (χ4n) is 3.55. The molecule has 0 aromatic rings. The molecule has 12 heavy (non-hydrogen) atoms. The topological polar surface area (TPSA) is 20.2 Å². The Morgan fingerprint density at radius 3 is 2.08 bits per heavy atom. The largest absolute Gasteiger partial charge is 0.396 e. The number of rotatable bonds is 1. The summed E-state index contributed by atoms with van der Waals surface area (Å²) in [7, 11) is 0. The third kappa shape index (κ3) is 1.28. The van der Waals surface area contributed by atoms with E-state index in [1.54, 1.807) is 0 Å². The van der Waals surface area contributed by atoms with Crippen LogP contribution in [-0.4, -0.2) is 11.7 Å². The maximum atomic E-state index is 9.24. The highest BCUT2D eigenvalue weighted by Crippen LogP contribution is 2.53. The molecule has 1 N–H and O–H groups in total. The van der Waals surface area contributed by atoms with Crippen molar-refractivity contribution in [2.24, 2.45) is 23.2 Å². The van der Waals surface area contributed by atoms with Crippen LogP contribution in [0.3, 0.4) is 0 Å². The maximum absolute atomic E-state index is 9.24. The Bertz CT molecular complexity index is 158. The average Bonchev–Trinajstić information content (AvgIpc) is 2.23. The Hall–Kier alpha value is -0.0400. The van der Waals surface area contributed by atoms with E-state index in [0.717, 1.165) is 11.8 Å². The predicted molar refractivity (Wildman–Crippen MR) is 49.8 cm³/mol. The van der Waals surface area contributed by atoms with Crippen LogP contribution in [0.25, 0.3) is 0 Å². The van der Waals surface area contributed by atoms with Crippen LogP contribution in [0, 0.1) is 23.2 Å². The zero-order chi connectivity index (χ0) is 8.77. The first-order chi connectivity index (χ1) is 5.62. The molecule has 2 atom stereocenters. The summed E-state index contributed by atoms with van der Waals surface area (Å²) in [5.74, 6) is 2.32. The molecule has 0 saturated heterocycles. The third-order valence-electron chi connectivity index (χ3n) is 3.96. The van der Waals surface area contributed by atoms with Gasteiger partial charge in [-0.1, -0.05) is 13.8 Å². The van der Waals surface area contributed by atoms with E-state index < -0.39 is 0 Å². The molecule has 0 aliphatic heterocycles. The molecule has 2 fully saturated rings. The molecule has 2 rings (SSSR count). The second kappa shape index (κ2) is 2.73. The van der Waals surface area contributed by atoms with Gasteiger partial charge in [-0.2, -0.15) is 0 Å². The van der Waals surface area contributed by atoms with Crippen LogP contribution >= 0.6 is 0 Å². The molecule has 2 unspecified atom stereocenters. The van der Waals surface area contributed by atoms with Crippen LogP contribution in [0.5, 0.6) is 0 Å². The highest BCUT2D eigenvalue weighted by atomic mass is 16.3. The minimum atomic E-state index is 0.436. The van der Waals surface area contributed by atoms with Crippen LogP contribution in [0.2, 0.25) is 0 Å². The van der Waals surface area contributed by atoms with Crippen LogP contribution < -0.4 is 0 Å². The van der Waals surface area contributed by atoms with Gasteiger partial charge in [0, 0.05) is 6.61 Å². The lowest BCUT2D eigenvalue weighted by Crippen LogP contribution is -2.32. The van der Waals surface area contributed by atoms with E-state index in [4.69, 9.17) is 0 Å². The molecule has 0 amide bonds. The summed E-state index contributed by atoms with van der Waals surface area (Å²) in [6.07, 6.45) is 5.43. The quantitative estimate of drug-likeness (QED) is 0.637. The van der Waals surface area contributed by atoms with Gasteiger partial charge >= 0.3 is 0 Å². The molecule has 0 radical (unpaired) electrons. The highest BCUT2D eigenvalue weighted by Gasteiger charge is 2.44. The molecule has 2 aliphatic carbocycles. The first-order valence-electron chi connectivity index (χ1n) is 5.23. The van der Waals surface area contributed by atoms with Crippen molar-refractivity contribution in [3.05, 3.63) is 0 Å². The van der Waals surface area contributed by atoms with Crippen molar-refractivity contribution in [3.63, 3.8) is 0 Å². The van der Waals surface area contributed by atoms with E-state index in [-0.39, 0.29) is 0 Å². The van der Waals surface area contributed by atoms with E-state index >= 15 is 0 Å². The zero-order valence-corrected chi connectivity index (χ0v) is 8.21. The Kier molecular flexibility index (Phi) is 1.95. The van der Waals surface area contributed by atoms with Crippen molar-refractivity contribution in [2.45, 2.75) is 39.5 Å². The van der Waals surface area contributed by atoms with E-state index in [2.05, 4.69) is 13.8 Å². The van der Waals surface area contributed by atoms with Gasteiger partial charge < -0.3 is 5.11 Å². The molecule has 1 heteroatoms. The van der Waals surface area contributed by atoms with Gasteiger partial charge in [0.15, 0.2) is 0 Å². The van der Waals surface area contributed by atoms with E-state index in [1.165, 1.54) is 25.7 Å². The Morgan fingerprint density at radius 2 is 1.67 bits per heavy atom. The summed E-state index contributed by atoms with van der Waals surface area (Å²) < 4.78 is 0. The second-order valence-corrected chi connectivity index (χ2v) is 5.52. The van der Waals surface area contributed by atoms with Gasteiger partial charge in [-0.3, -0.25) is 0 Å². The number of fused-ring (bicyclic) bond motifs is 2. The van der Waals surface area contributed by atoms with Gasteiger partial charge in [0.05, 0.1) is 0 Å². The molecule has 0 aromatic heterocycles. The lowest BCUT2D eigenvalue weighted by atomic mass is 9.67. The summed E-state index contributed by atoms with van der Waals surface area (Å²) in [5, 5.41) is 9.24. The third-order valence-corrected chi connectivity index (χ3v) is 3.96. The molecule has 2 aliphatic rings. The van der Waals surface area contributed by atoms with Crippen molar-refractivity contribution in [2.75, 3.05) is 6.61 Å². The Labute approximate surface area is 75.2 Å². The Balaban J connectivity index is 2.11. The summed E-state index contributed by atoms with van der Waals surface area (Å²) >= 11 is 0. The van der Waals surface area contributed by atoms with Gasteiger partial charge in [-0.25, -0.2) is 0 Å². The van der Waals surface area contributed by atoms with Crippen LogP contribution in [-0.2, 0) is 0 Å². The molecule has 0 heterocycles. The van der Waals surface area contributed by atoms with Gasteiger partial charge in [-0.05, 0) is 48.9 Å².